The summed E-state index contributed by atoms with van der Waals surface area (Å²) in [4.78, 5) is 0. The number of rotatable bonds is 2. The maximum absolute atomic E-state index is 5.44. The number of fused-ring (bicyclic) bond motifs is 1. The van der Waals surface area contributed by atoms with Crippen LogP contribution in [0.2, 0.25) is 0 Å². The SMILES string of the molecule is C=CC1=C(/C=C\C)OCC=C1C.CC.CC1=CCOc2ccccc21. The summed E-state index contributed by atoms with van der Waals surface area (Å²) in [6.45, 7) is 15.3. The van der Waals surface area contributed by atoms with Crippen LogP contribution in [0.1, 0.15) is 40.2 Å². The Morgan fingerprint density at radius 1 is 0.960 bits per heavy atom. The molecule has 0 bridgehead atoms. The molecule has 0 aliphatic carbocycles. The Hall–Kier alpha value is -2.48. The fraction of sp³-hybridized carbons (Fsp3) is 0.304. The lowest BCUT2D eigenvalue weighted by atomic mass is 10.0. The molecule has 0 saturated carbocycles. The van der Waals surface area contributed by atoms with Crippen LogP contribution in [0.5, 0.6) is 5.75 Å². The molecule has 0 saturated heterocycles. The van der Waals surface area contributed by atoms with E-state index in [4.69, 9.17) is 9.47 Å². The predicted octanol–water partition coefficient (Wildman–Crippen LogP) is 6.49. The fourth-order valence-electron chi connectivity index (χ4n) is 2.47. The molecule has 0 aromatic heterocycles. The summed E-state index contributed by atoms with van der Waals surface area (Å²) in [6, 6.07) is 8.12. The second kappa shape index (κ2) is 11.1. The van der Waals surface area contributed by atoms with Gasteiger partial charge in [-0.05, 0) is 56.2 Å². The first-order chi connectivity index (χ1) is 12.2. The Kier molecular flexibility index (Phi) is 9.16. The van der Waals surface area contributed by atoms with Crippen molar-refractivity contribution in [3.05, 3.63) is 83.7 Å². The maximum atomic E-state index is 5.44. The molecule has 1 aromatic rings. The highest BCUT2D eigenvalue weighted by Crippen LogP contribution is 2.28. The standard InChI is InChI=1S/C11H14O.C10H10O.C2H6/c1-4-6-11-10(5-2)9(3)7-8-12-11;1-8-6-7-11-10-5-3-2-4-9(8)10;1-2/h4-7H,2,8H2,1,3H3;2-6H,7H2,1H3;1-2H3/b6-4-;;. The van der Waals surface area contributed by atoms with Gasteiger partial charge in [0.15, 0.2) is 0 Å². The highest BCUT2D eigenvalue weighted by molar-refractivity contribution is 5.70. The zero-order valence-electron chi connectivity index (χ0n) is 16.1. The summed E-state index contributed by atoms with van der Waals surface area (Å²) in [7, 11) is 0. The van der Waals surface area contributed by atoms with Gasteiger partial charge in [0.05, 0.1) is 0 Å². The van der Waals surface area contributed by atoms with E-state index < -0.39 is 0 Å². The highest BCUT2D eigenvalue weighted by atomic mass is 16.5. The van der Waals surface area contributed by atoms with Gasteiger partial charge in [-0.1, -0.05) is 50.8 Å². The Morgan fingerprint density at radius 2 is 1.60 bits per heavy atom. The van der Waals surface area contributed by atoms with E-state index in [0.29, 0.717) is 13.2 Å². The molecular weight excluding hydrogens is 308 g/mol. The van der Waals surface area contributed by atoms with Crippen molar-refractivity contribution in [1.29, 1.82) is 0 Å². The van der Waals surface area contributed by atoms with Crippen molar-refractivity contribution in [2.75, 3.05) is 13.2 Å². The molecule has 2 aliphatic heterocycles. The van der Waals surface area contributed by atoms with Crippen LogP contribution in [0.3, 0.4) is 0 Å². The van der Waals surface area contributed by atoms with Crippen molar-refractivity contribution in [2.24, 2.45) is 0 Å². The number of hydrogen-bond donors (Lipinski definition) is 0. The zero-order valence-corrected chi connectivity index (χ0v) is 16.1. The number of ether oxygens (including phenoxy) is 2. The molecular formula is C23H30O2. The van der Waals surface area contributed by atoms with Crippen LogP contribution in [0.4, 0.5) is 0 Å². The van der Waals surface area contributed by atoms with Crippen LogP contribution in [0.15, 0.2) is 78.1 Å². The van der Waals surface area contributed by atoms with E-state index in [9.17, 15) is 0 Å². The fourth-order valence-corrected chi connectivity index (χ4v) is 2.47. The molecule has 134 valence electrons. The van der Waals surface area contributed by atoms with Crippen molar-refractivity contribution in [2.45, 2.75) is 34.6 Å². The molecule has 2 heterocycles. The maximum Gasteiger partial charge on any atom is 0.127 e. The molecule has 2 aliphatic rings. The number of hydrogen-bond acceptors (Lipinski definition) is 2. The summed E-state index contributed by atoms with van der Waals surface area (Å²) in [5.74, 6) is 1.93. The third-order valence-electron chi connectivity index (χ3n) is 3.78. The van der Waals surface area contributed by atoms with E-state index in [0.717, 1.165) is 17.1 Å². The van der Waals surface area contributed by atoms with Crippen LogP contribution in [-0.2, 0) is 4.74 Å². The summed E-state index contributed by atoms with van der Waals surface area (Å²) in [6.07, 6.45) is 9.93. The number of para-hydroxylation sites is 1. The lowest BCUT2D eigenvalue weighted by Crippen LogP contribution is -2.02. The van der Waals surface area contributed by atoms with Crippen LogP contribution in [0.25, 0.3) is 5.57 Å². The van der Waals surface area contributed by atoms with Crippen LogP contribution in [-0.4, -0.2) is 13.2 Å². The quantitative estimate of drug-likeness (QED) is 0.614. The molecule has 2 heteroatoms. The minimum atomic E-state index is 0.669. The van der Waals surface area contributed by atoms with E-state index in [2.05, 4.69) is 38.6 Å². The van der Waals surface area contributed by atoms with Crippen molar-refractivity contribution in [3.63, 3.8) is 0 Å². The van der Waals surface area contributed by atoms with Gasteiger partial charge >= 0.3 is 0 Å². The van der Waals surface area contributed by atoms with Crippen molar-refractivity contribution >= 4 is 5.57 Å². The molecule has 2 nitrogen and oxygen atoms in total. The molecule has 0 amide bonds. The average Bonchev–Trinajstić information content (AvgIpc) is 2.65. The van der Waals surface area contributed by atoms with Crippen molar-refractivity contribution < 1.29 is 9.47 Å². The van der Waals surface area contributed by atoms with Gasteiger partial charge in [-0.25, -0.2) is 0 Å². The van der Waals surface area contributed by atoms with Gasteiger partial charge in [0, 0.05) is 11.1 Å². The summed E-state index contributed by atoms with van der Waals surface area (Å²) >= 11 is 0. The lowest BCUT2D eigenvalue weighted by molar-refractivity contribution is 0.253. The molecule has 0 radical (unpaired) electrons. The van der Waals surface area contributed by atoms with E-state index in [-0.39, 0.29) is 0 Å². The predicted molar refractivity (Wildman–Crippen MR) is 109 cm³/mol. The largest absolute Gasteiger partial charge is 0.489 e. The molecule has 3 rings (SSSR count). The minimum Gasteiger partial charge on any atom is -0.489 e. The van der Waals surface area contributed by atoms with Gasteiger partial charge in [-0.3, -0.25) is 0 Å². The second-order valence-corrected chi connectivity index (χ2v) is 5.37. The molecule has 0 unspecified atom stereocenters. The number of benzene rings is 1. The smallest absolute Gasteiger partial charge is 0.127 e. The summed E-state index contributed by atoms with van der Waals surface area (Å²) < 4.78 is 10.9. The molecule has 25 heavy (non-hydrogen) atoms. The summed E-state index contributed by atoms with van der Waals surface area (Å²) in [5.41, 5.74) is 4.87. The van der Waals surface area contributed by atoms with Gasteiger partial charge < -0.3 is 9.47 Å². The molecule has 1 aromatic carbocycles. The Morgan fingerprint density at radius 3 is 2.24 bits per heavy atom. The Bertz CT molecular complexity index is 688. The normalized spacial score (nSPS) is 15.2. The molecule has 0 N–H and O–H groups in total. The van der Waals surface area contributed by atoms with Gasteiger partial charge in [0.1, 0.15) is 24.7 Å². The van der Waals surface area contributed by atoms with Gasteiger partial charge in [0.2, 0.25) is 0 Å². The van der Waals surface area contributed by atoms with E-state index in [1.165, 1.54) is 16.7 Å². The monoisotopic (exact) mass is 338 g/mol. The summed E-state index contributed by atoms with van der Waals surface area (Å²) in [5, 5.41) is 0. The van der Waals surface area contributed by atoms with Crippen molar-refractivity contribution in [1.82, 2.24) is 0 Å². The van der Waals surface area contributed by atoms with Crippen molar-refractivity contribution in [3.8, 4) is 5.75 Å². The van der Waals surface area contributed by atoms with Crippen LogP contribution in [0, 0.1) is 0 Å². The first-order valence-electron chi connectivity index (χ1n) is 8.85. The minimum absolute atomic E-state index is 0.669. The van der Waals surface area contributed by atoms with E-state index in [1.807, 2.05) is 57.2 Å². The van der Waals surface area contributed by atoms with Crippen LogP contribution < -0.4 is 4.74 Å². The first-order valence-corrected chi connectivity index (χ1v) is 8.85. The third kappa shape index (κ3) is 5.82. The highest BCUT2D eigenvalue weighted by Gasteiger charge is 2.08. The van der Waals surface area contributed by atoms with E-state index >= 15 is 0 Å². The first kappa shape index (κ1) is 20.6. The van der Waals surface area contributed by atoms with Gasteiger partial charge in [-0.2, -0.15) is 0 Å². The van der Waals surface area contributed by atoms with E-state index in [1.54, 1.807) is 0 Å². The van der Waals surface area contributed by atoms with Crippen LogP contribution >= 0.6 is 0 Å². The Labute approximate surface area is 152 Å². The topological polar surface area (TPSA) is 18.5 Å². The average molecular weight is 338 g/mol. The van der Waals surface area contributed by atoms with Gasteiger partial charge in [-0.15, -0.1) is 0 Å². The lowest BCUT2D eigenvalue weighted by Gasteiger charge is -2.15. The zero-order chi connectivity index (χ0) is 18.7. The Balaban J connectivity index is 0.000000228. The third-order valence-corrected chi connectivity index (χ3v) is 3.78. The van der Waals surface area contributed by atoms with Gasteiger partial charge in [0.25, 0.3) is 0 Å². The molecule has 0 atom stereocenters. The number of allylic oxidation sites excluding steroid dienone is 6. The molecule has 0 fully saturated rings. The molecule has 0 spiro atoms. The second-order valence-electron chi connectivity index (χ2n) is 5.37.